The predicted molar refractivity (Wildman–Crippen MR) is 113 cm³/mol. The van der Waals surface area contributed by atoms with Crippen LogP contribution in [0.5, 0.6) is 0 Å². The van der Waals surface area contributed by atoms with Crippen LogP contribution in [0.4, 0.5) is 0 Å². The van der Waals surface area contributed by atoms with Gasteiger partial charge in [-0.25, -0.2) is 0 Å². The fraction of sp³-hybridized carbons (Fsp3) is 0.304. The molecule has 1 saturated heterocycles. The molecule has 0 spiro atoms. The zero-order valence-electron chi connectivity index (χ0n) is 16.4. The first-order chi connectivity index (χ1) is 14.6. The molecule has 0 aliphatic carbocycles. The summed E-state index contributed by atoms with van der Waals surface area (Å²) in [5.41, 5.74) is 1.48. The van der Waals surface area contributed by atoms with Gasteiger partial charge >= 0.3 is 0 Å². The minimum atomic E-state index is -0.464. The number of nitrogens with zero attached hydrogens (tertiary/aromatic N) is 1. The number of hydrogen-bond acceptors (Lipinski definition) is 4. The predicted octanol–water partition coefficient (Wildman–Crippen LogP) is 1.91. The molecule has 0 radical (unpaired) electrons. The van der Waals surface area contributed by atoms with Gasteiger partial charge in [0, 0.05) is 5.02 Å². The summed E-state index contributed by atoms with van der Waals surface area (Å²) in [5, 5.41) is 0.860. The van der Waals surface area contributed by atoms with E-state index >= 15 is 0 Å². The lowest BCUT2D eigenvalue weighted by Crippen LogP contribution is -3.14. The second kappa shape index (κ2) is 7.87. The summed E-state index contributed by atoms with van der Waals surface area (Å²) in [4.78, 5) is 30.0. The molecule has 1 aromatic heterocycles. The number of quaternary nitrogens is 1. The standard InChI is InChI=1S/C23H21ClN2O4/c24-16-6-7-18-17(14-16)21(27)19-20(15-4-2-1-3-5-15)26(23(28)22(19)30-18)9-8-25-10-12-29-13-11-25/h1-7,14,20H,8-13H2/p+1. The van der Waals surface area contributed by atoms with E-state index in [4.69, 9.17) is 20.8 Å². The molecule has 2 aliphatic rings. The van der Waals surface area contributed by atoms with Crippen LogP contribution in [0.1, 0.15) is 27.7 Å². The summed E-state index contributed by atoms with van der Waals surface area (Å²) in [6, 6.07) is 14.1. The number of hydrogen-bond donors (Lipinski definition) is 1. The van der Waals surface area contributed by atoms with Gasteiger partial charge in [-0.2, -0.15) is 0 Å². The van der Waals surface area contributed by atoms with E-state index in [9.17, 15) is 9.59 Å². The zero-order valence-corrected chi connectivity index (χ0v) is 17.2. The SMILES string of the molecule is O=C1c2oc3ccc(Cl)cc3c(=O)c2C(c2ccccc2)N1CC[NH+]1CCOCC1. The Morgan fingerprint density at radius 3 is 2.60 bits per heavy atom. The number of rotatable bonds is 4. The first kappa shape index (κ1) is 19.3. The molecular weight excluding hydrogens is 404 g/mol. The Morgan fingerprint density at radius 1 is 1.07 bits per heavy atom. The van der Waals surface area contributed by atoms with Gasteiger partial charge in [-0.3, -0.25) is 9.59 Å². The van der Waals surface area contributed by atoms with Crippen molar-refractivity contribution in [3.8, 4) is 0 Å². The van der Waals surface area contributed by atoms with Gasteiger partial charge in [0.15, 0.2) is 5.43 Å². The highest BCUT2D eigenvalue weighted by Crippen LogP contribution is 2.37. The van der Waals surface area contributed by atoms with Crippen molar-refractivity contribution in [3.63, 3.8) is 0 Å². The van der Waals surface area contributed by atoms with Gasteiger partial charge in [-0.15, -0.1) is 0 Å². The summed E-state index contributed by atoms with van der Waals surface area (Å²) in [6.45, 7) is 4.64. The second-order valence-electron chi connectivity index (χ2n) is 7.74. The van der Waals surface area contributed by atoms with Crippen molar-refractivity contribution in [3.05, 3.63) is 80.7 Å². The molecule has 0 saturated carbocycles. The number of morpholine rings is 1. The maximum Gasteiger partial charge on any atom is 0.291 e. The lowest BCUT2D eigenvalue weighted by atomic mass is 9.98. The topological polar surface area (TPSA) is 64.2 Å². The van der Waals surface area contributed by atoms with Crippen LogP contribution in [0.15, 0.2) is 57.7 Å². The highest BCUT2D eigenvalue weighted by molar-refractivity contribution is 6.31. The molecule has 154 valence electrons. The van der Waals surface area contributed by atoms with Gasteiger partial charge in [0.25, 0.3) is 5.91 Å². The quantitative estimate of drug-likeness (QED) is 0.693. The van der Waals surface area contributed by atoms with Crippen LogP contribution in [0, 0.1) is 0 Å². The van der Waals surface area contributed by atoms with Gasteiger partial charge in [-0.1, -0.05) is 41.9 Å². The molecule has 5 rings (SSSR count). The molecular formula is C23H22ClN2O4+. The highest BCUT2D eigenvalue weighted by atomic mass is 35.5. The minimum absolute atomic E-state index is 0.139. The largest absolute Gasteiger partial charge is 0.450 e. The Balaban J connectivity index is 1.60. The third-order valence-corrected chi connectivity index (χ3v) is 6.18. The maximum atomic E-state index is 13.4. The first-order valence-corrected chi connectivity index (χ1v) is 10.5. The van der Waals surface area contributed by atoms with Crippen molar-refractivity contribution in [1.29, 1.82) is 0 Å². The van der Waals surface area contributed by atoms with E-state index in [1.807, 2.05) is 30.3 Å². The van der Waals surface area contributed by atoms with Crippen molar-refractivity contribution in [1.82, 2.24) is 4.90 Å². The Kier molecular flexibility index (Phi) is 5.06. The van der Waals surface area contributed by atoms with Gasteiger partial charge in [0.1, 0.15) is 18.7 Å². The number of ether oxygens (including phenoxy) is 1. The molecule has 1 atom stereocenters. The molecule has 1 unspecified atom stereocenters. The molecule has 2 aromatic carbocycles. The molecule has 1 fully saturated rings. The number of fused-ring (bicyclic) bond motifs is 2. The molecule has 30 heavy (non-hydrogen) atoms. The molecule has 7 heteroatoms. The van der Waals surface area contributed by atoms with E-state index in [1.165, 1.54) is 4.90 Å². The van der Waals surface area contributed by atoms with E-state index in [-0.39, 0.29) is 17.1 Å². The van der Waals surface area contributed by atoms with E-state index in [0.29, 0.717) is 28.1 Å². The molecule has 3 heterocycles. The van der Waals surface area contributed by atoms with Crippen LogP contribution in [-0.4, -0.2) is 50.2 Å². The summed E-state index contributed by atoms with van der Waals surface area (Å²) in [5.74, 6) is -0.0962. The first-order valence-electron chi connectivity index (χ1n) is 10.2. The summed E-state index contributed by atoms with van der Waals surface area (Å²) in [7, 11) is 0. The van der Waals surface area contributed by atoms with Crippen LogP contribution < -0.4 is 10.3 Å². The number of halogens is 1. The number of amides is 1. The van der Waals surface area contributed by atoms with Gasteiger partial charge in [0.05, 0.1) is 43.3 Å². The van der Waals surface area contributed by atoms with Crippen LogP contribution in [0.25, 0.3) is 11.0 Å². The third kappa shape index (κ3) is 3.31. The Morgan fingerprint density at radius 2 is 1.83 bits per heavy atom. The third-order valence-electron chi connectivity index (χ3n) is 5.95. The molecule has 3 aromatic rings. The molecule has 2 aliphatic heterocycles. The van der Waals surface area contributed by atoms with Crippen LogP contribution in [-0.2, 0) is 4.74 Å². The van der Waals surface area contributed by atoms with Crippen molar-refractivity contribution in [2.75, 3.05) is 39.4 Å². The molecule has 0 bridgehead atoms. The molecule has 1 amide bonds. The fourth-order valence-electron chi connectivity index (χ4n) is 4.39. The monoisotopic (exact) mass is 425 g/mol. The Labute approximate surface area is 178 Å². The average molecular weight is 426 g/mol. The zero-order chi connectivity index (χ0) is 20.7. The van der Waals surface area contributed by atoms with Crippen molar-refractivity contribution in [2.45, 2.75) is 6.04 Å². The van der Waals surface area contributed by atoms with Gasteiger partial charge < -0.3 is 19.0 Å². The highest BCUT2D eigenvalue weighted by Gasteiger charge is 2.43. The van der Waals surface area contributed by atoms with E-state index in [1.54, 1.807) is 23.1 Å². The summed E-state index contributed by atoms with van der Waals surface area (Å²) < 4.78 is 11.4. The molecule has 1 N–H and O–H groups in total. The van der Waals surface area contributed by atoms with Crippen LogP contribution >= 0.6 is 11.6 Å². The summed E-state index contributed by atoms with van der Waals surface area (Å²) >= 11 is 6.12. The smallest absolute Gasteiger partial charge is 0.291 e. The number of carbonyl (C=O) groups is 1. The lowest BCUT2D eigenvalue weighted by molar-refractivity contribution is -0.907. The van der Waals surface area contributed by atoms with Gasteiger partial charge in [0.2, 0.25) is 5.76 Å². The maximum absolute atomic E-state index is 13.4. The normalized spacial score (nSPS) is 19.4. The second-order valence-corrected chi connectivity index (χ2v) is 8.18. The van der Waals surface area contributed by atoms with Crippen LogP contribution in [0.2, 0.25) is 5.02 Å². The lowest BCUT2D eigenvalue weighted by Gasteiger charge is -2.29. The van der Waals surface area contributed by atoms with Crippen LogP contribution in [0.3, 0.4) is 0 Å². The van der Waals surface area contributed by atoms with Crippen molar-refractivity contribution >= 4 is 28.5 Å². The van der Waals surface area contributed by atoms with Crippen molar-refractivity contribution in [2.24, 2.45) is 0 Å². The van der Waals surface area contributed by atoms with Gasteiger partial charge in [-0.05, 0) is 23.8 Å². The summed E-state index contributed by atoms with van der Waals surface area (Å²) in [6.07, 6.45) is 0. The Hall–Kier alpha value is -2.67. The number of carbonyl (C=O) groups excluding carboxylic acids is 1. The van der Waals surface area contributed by atoms with E-state index < -0.39 is 6.04 Å². The Bertz CT molecular complexity index is 1160. The number of benzene rings is 2. The van der Waals surface area contributed by atoms with E-state index in [2.05, 4.69) is 0 Å². The van der Waals surface area contributed by atoms with E-state index in [0.717, 1.165) is 38.4 Å². The van der Waals surface area contributed by atoms with Crippen molar-refractivity contribution < 1.29 is 18.8 Å². The molecule has 6 nitrogen and oxygen atoms in total. The average Bonchev–Trinajstić information content (AvgIpc) is 3.06. The fourth-order valence-corrected chi connectivity index (χ4v) is 4.57. The minimum Gasteiger partial charge on any atom is -0.450 e. The number of nitrogens with one attached hydrogen (secondary N) is 1.